The Labute approximate surface area is 264 Å². The van der Waals surface area contributed by atoms with Crippen molar-refractivity contribution in [2.45, 2.75) is 117 Å². The Balaban J connectivity index is 1.48. The number of hydrogen-bond donors (Lipinski definition) is 1. The lowest BCUT2D eigenvalue weighted by atomic mass is 9.44. The highest BCUT2D eigenvalue weighted by molar-refractivity contribution is 6.01. The lowest BCUT2D eigenvalue weighted by Crippen LogP contribution is -2.71. The lowest BCUT2D eigenvalue weighted by molar-refractivity contribution is -0.236. The summed E-state index contributed by atoms with van der Waals surface area (Å²) in [7, 11) is 0. The lowest BCUT2D eigenvalue weighted by Gasteiger charge is -2.62. The molecule has 5 rings (SSSR count). The summed E-state index contributed by atoms with van der Waals surface area (Å²) in [6.07, 6.45) is -0.127. The normalized spacial score (nSPS) is 44.6. The molecule has 4 fully saturated rings. The molecule has 4 saturated carbocycles. The zero-order valence-corrected chi connectivity index (χ0v) is 27.7. The molecule has 0 heterocycles. The van der Waals surface area contributed by atoms with Gasteiger partial charge in [0.15, 0.2) is 11.5 Å². The molecule has 7 nitrogen and oxygen atoms in total. The summed E-state index contributed by atoms with van der Waals surface area (Å²) in [4.78, 5) is 39.5. The molecule has 45 heavy (non-hydrogen) atoms. The van der Waals surface area contributed by atoms with Crippen LogP contribution in [0, 0.1) is 51.8 Å². The summed E-state index contributed by atoms with van der Waals surface area (Å²) >= 11 is 0. The van der Waals surface area contributed by atoms with Crippen LogP contribution < -0.4 is 0 Å². The second-order valence-corrected chi connectivity index (χ2v) is 15.8. The van der Waals surface area contributed by atoms with Crippen LogP contribution in [0.15, 0.2) is 23.8 Å². The first kappa shape index (κ1) is 34.0. The van der Waals surface area contributed by atoms with Crippen LogP contribution in [-0.4, -0.2) is 59.5 Å². The Bertz CT molecular complexity index is 1300. The van der Waals surface area contributed by atoms with Gasteiger partial charge in [0.1, 0.15) is 12.3 Å². The van der Waals surface area contributed by atoms with Crippen LogP contribution in [-0.2, 0) is 23.8 Å². The highest BCUT2D eigenvalue weighted by Crippen LogP contribution is 2.71. The second kappa shape index (κ2) is 11.1. The van der Waals surface area contributed by atoms with Gasteiger partial charge in [-0.2, -0.15) is 0 Å². The van der Waals surface area contributed by atoms with Crippen molar-refractivity contribution < 1.29 is 46.9 Å². The van der Waals surface area contributed by atoms with Gasteiger partial charge in [0.2, 0.25) is 12.5 Å². The fourth-order valence-electron chi connectivity index (χ4n) is 10.2. The molecule has 1 N–H and O–H groups in total. The van der Waals surface area contributed by atoms with Crippen molar-refractivity contribution in [2.75, 3.05) is 6.86 Å². The quantitative estimate of drug-likeness (QED) is 0.300. The second-order valence-electron chi connectivity index (χ2n) is 15.8. The average Bonchev–Trinajstić information content (AvgIpc) is 3.12. The van der Waals surface area contributed by atoms with Crippen molar-refractivity contribution >= 4 is 17.9 Å². The molecule has 0 aromatic rings. The van der Waals surface area contributed by atoms with E-state index < -0.39 is 83.0 Å². The number of allylic oxidation sites excluding steroid dienone is 4. The summed E-state index contributed by atoms with van der Waals surface area (Å²) in [5.74, 6) is -3.47. The van der Waals surface area contributed by atoms with Crippen molar-refractivity contribution in [3.8, 4) is 0 Å². The van der Waals surface area contributed by atoms with Gasteiger partial charge in [0.05, 0.1) is 6.10 Å². The smallest absolute Gasteiger partial charge is 0.431 e. The number of esters is 1. The number of hydrogen-bond acceptors (Lipinski definition) is 7. The van der Waals surface area contributed by atoms with Gasteiger partial charge in [-0.05, 0) is 92.8 Å². The third-order valence-electron chi connectivity index (χ3n) is 13.6. The topological polar surface area (TPSA) is 99.1 Å². The third-order valence-corrected chi connectivity index (χ3v) is 13.6. The van der Waals surface area contributed by atoms with E-state index in [1.807, 2.05) is 0 Å². The molecule has 0 aromatic carbocycles. The molecular weight excluding hydrogens is 589 g/mol. The molecule has 0 radical (unpaired) electrons. The Hall–Kier alpha value is -2.36. The van der Waals surface area contributed by atoms with Crippen LogP contribution in [0.2, 0.25) is 0 Å². The standard InChI is InChI=1S/C35H49F3O7/c1-18(2)31(5,6)23-10-9-22(23)20(4)44-30(42)45-35(29(41)43-17-36)19(3)13-24-25-15-27(37)26-14-21(39)11-12-32(26,7)34(25,38)28(40)16-33(24,35)8/h11-12,14,18-20,22-25,27-28,40H,9-10,13,15-17H2,1-8H3/t19-,20+,22+,23?,24+,25+,27+,28+,32+,33+,34+,35+/m1/s1. The summed E-state index contributed by atoms with van der Waals surface area (Å²) < 4.78 is 63.7. The number of fused-ring (bicyclic) bond motifs is 5. The monoisotopic (exact) mass is 638 g/mol. The van der Waals surface area contributed by atoms with Crippen molar-refractivity contribution in [1.82, 2.24) is 0 Å². The minimum atomic E-state index is -2.39. The van der Waals surface area contributed by atoms with E-state index in [9.17, 15) is 23.9 Å². The van der Waals surface area contributed by atoms with E-state index in [-0.39, 0.29) is 36.2 Å². The Morgan fingerprint density at radius 1 is 1.13 bits per heavy atom. The maximum Gasteiger partial charge on any atom is 0.509 e. The Kier molecular flexibility index (Phi) is 8.40. The number of rotatable bonds is 7. The maximum absolute atomic E-state index is 17.6. The van der Waals surface area contributed by atoms with Crippen LogP contribution in [0.3, 0.4) is 0 Å². The van der Waals surface area contributed by atoms with Gasteiger partial charge in [-0.1, -0.05) is 47.6 Å². The Morgan fingerprint density at radius 3 is 2.38 bits per heavy atom. The SMILES string of the molecule is CC(C)C(C)(C)C1CC[C@H]1[C@H](C)OC(=O)O[C@]1(C(=O)OCF)[C@H](C)C[C@H]2[C@@H]3C[C@H](F)C4=CC(=O)C=C[C@]4(C)[C@@]3(F)[C@@H](O)C[C@@]21C. The van der Waals surface area contributed by atoms with E-state index in [1.165, 1.54) is 19.1 Å². The van der Waals surface area contributed by atoms with Gasteiger partial charge < -0.3 is 19.3 Å². The maximum atomic E-state index is 17.6. The van der Waals surface area contributed by atoms with Gasteiger partial charge in [0.25, 0.3) is 0 Å². The summed E-state index contributed by atoms with van der Waals surface area (Å²) in [5.41, 5.74) is -7.59. The average molecular weight is 639 g/mol. The van der Waals surface area contributed by atoms with Gasteiger partial charge in [-0.15, -0.1) is 0 Å². The minimum absolute atomic E-state index is 0.00907. The number of carbonyl (C=O) groups excluding carboxylic acids is 3. The van der Waals surface area contributed by atoms with Gasteiger partial charge in [-0.3, -0.25) is 4.79 Å². The van der Waals surface area contributed by atoms with E-state index >= 15 is 8.78 Å². The number of halogens is 3. The molecule has 0 aliphatic heterocycles. The van der Waals surface area contributed by atoms with Crippen molar-refractivity contribution in [3.63, 3.8) is 0 Å². The number of ketones is 1. The van der Waals surface area contributed by atoms with E-state index in [2.05, 4.69) is 27.7 Å². The van der Waals surface area contributed by atoms with Crippen molar-refractivity contribution in [2.24, 2.45) is 51.8 Å². The van der Waals surface area contributed by atoms with Crippen LogP contribution in [0.1, 0.15) is 87.5 Å². The van der Waals surface area contributed by atoms with Crippen molar-refractivity contribution in [1.29, 1.82) is 0 Å². The molecular formula is C35H49F3O7. The highest BCUT2D eigenvalue weighted by Gasteiger charge is 2.79. The predicted octanol–water partition coefficient (Wildman–Crippen LogP) is 7.01. The molecule has 0 bridgehead atoms. The largest absolute Gasteiger partial charge is 0.509 e. The predicted molar refractivity (Wildman–Crippen MR) is 160 cm³/mol. The van der Waals surface area contributed by atoms with E-state index in [0.29, 0.717) is 11.8 Å². The highest BCUT2D eigenvalue weighted by atomic mass is 19.1. The van der Waals surface area contributed by atoms with Gasteiger partial charge in [-0.25, -0.2) is 22.8 Å². The molecule has 0 saturated heterocycles. The molecule has 5 aliphatic rings. The number of ether oxygens (including phenoxy) is 3. The Morgan fingerprint density at radius 2 is 1.80 bits per heavy atom. The van der Waals surface area contributed by atoms with Crippen LogP contribution in [0.5, 0.6) is 0 Å². The number of alkyl halides is 3. The summed E-state index contributed by atoms with van der Waals surface area (Å²) in [6, 6.07) is 0. The summed E-state index contributed by atoms with van der Waals surface area (Å²) in [6.45, 7) is 13.8. The van der Waals surface area contributed by atoms with Crippen LogP contribution in [0.25, 0.3) is 0 Å². The minimum Gasteiger partial charge on any atom is -0.431 e. The van der Waals surface area contributed by atoms with Crippen molar-refractivity contribution in [3.05, 3.63) is 23.8 Å². The zero-order valence-electron chi connectivity index (χ0n) is 27.7. The van der Waals surface area contributed by atoms with Crippen LogP contribution in [0.4, 0.5) is 18.0 Å². The zero-order chi connectivity index (χ0) is 33.5. The number of aliphatic hydroxyl groups excluding tert-OH is 1. The first-order valence-electron chi connectivity index (χ1n) is 16.4. The van der Waals surface area contributed by atoms with E-state index in [1.54, 1.807) is 20.8 Å². The van der Waals surface area contributed by atoms with E-state index in [0.717, 1.165) is 18.9 Å². The third kappa shape index (κ3) is 4.57. The molecule has 5 aliphatic carbocycles. The molecule has 0 spiro atoms. The molecule has 252 valence electrons. The molecule has 0 amide bonds. The number of aliphatic hydroxyl groups is 1. The summed E-state index contributed by atoms with van der Waals surface area (Å²) in [5, 5.41) is 11.7. The number of carbonyl (C=O) groups is 3. The molecule has 0 aromatic heterocycles. The fraction of sp³-hybridized carbons (Fsp3) is 0.800. The molecule has 1 unspecified atom stereocenters. The van der Waals surface area contributed by atoms with Gasteiger partial charge in [0, 0.05) is 22.7 Å². The fourth-order valence-corrected chi connectivity index (χ4v) is 10.2. The van der Waals surface area contributed by atoms with Gasteiger partial charge >= 0.3 is 12.1 Å². The first-order chi connectivity index (χ1) is 20.8. The van der Waals surface area contributed by atoms with Crippen LogP contribution >= 0.6 is 0 Å². The first-order valence-corrected chi connectivity index (χ1v) is 16.4. The molecule has 10 heteroatoms. The van der Waals surface area contributed by atoms with E-state index in [4.69, 9.17) is 14.2 Å². The molecule has 12 atom stereocenters.